The molecule has 6 nitrogen and oxygen atoms in total. The van der Waals surface area contributed by atoms with Gasteiger partial charge in [-0.2, -0.15) is 5.26 Å². The summed E-state index contributed by atoms with van der Waals surface area (Å²) in [4.78, 5) is 5.94. The van der Waals surface area contributed by atoms with E-state index in [1.54, 1.807) is 18.3 Å². The number of hydrogen-bond acceptors (Lipinski definition) is 5. The Bertz CT molecular complexity index is 594. The molecule has 2 heterocycles. The quantitative estimate of drug-likeness (QED) is 0.870. The van der Waals surface area contributed by atoms with Crippen LogP contribution in [-0.2, 0) is 10.0 Å². The van der Waals surface area contributed by atoms with Crippen molar-refractivity contribution in [3.05, 3.63) is 24.0 Å². The van der Waals surface area contributed by atoms with Gasteiger partial charge in [0.2, 0.25) is 10.0 Å². The Labute approximate surface area is 113 Å². The smallest absolute Gasteiger partial charge is 0.215 e. The van der Waals surface area contributed by atoms with E-state index in [1.807, 2.05) is 11.0 Å². The van der Waals surface area contributed by atoms with E-state index in [9.17, 15) is 8.42 Å². The molecule has 0 aromatic carbocycles. The molecule has 1 aliphatic heterocycles. The van der Waals surface area contributed by atoms with Crippen LogP contribution in [0.2, 0.25) is 0 Å². The number of aromatic nitrogens is 1. The Kier molecular flexibility index (Phi) is 4.02. The number of sulfonamides is 1. The molecular weight excluding hydrogens is 264 g/mol. The summed E-state index contributed by atoms with van der Waals surface area (Å²) in [5.41, 5.74) is 1.05. The predicted molar refractivity (Wildman–Crippen MR) is 72.2 cm³/mol. The van der Waals surface area contributed by atoms with Crippen molar-refractivity contribution in [2.75, 3.05) is 25.0 Å². The van der Waals surface area contributed by atoms with E-state index in [0.717, 1.165) is 13.0 Å². The van der Waals surface area contributed by atoms with Crippen molar-refractivity contribution in [1.29, 1.82) is 5.26 Å². The minimum atomic E-state index is -3.28. The molecule has 102 valence electrons. The molecule has 1 unspecified atom stereocenters. The first kappa shape index (κ1) is 13.8. The van der Waals surface area contributed by atoms with Gasteiger partial charge in [0.25, 0.3) is 0 Å². The standard InChI is InChI=1S/C12H16N4O2S/c1-14-19(17,18)10-4-3-7-16(9-10)12-5-2-6-15-11(12)8-13/h2,5-6,10,14H,3-4,7,9H2,1H3. The van der Waals surface area contributed by atoms with Gasteiger partial charge in [0.1, 0.15) is 6.07 Å². The summed E-state index contributed by atoms with van der Waals surface area (Å²) in [7, 11) is -1.85. The van der Waals surface area contributed by atoms with Gasteiger partial charge in [-0.1, -0.05) is 0 Å². The lowest BCUT2D eigenvalue weighted by Gasteiger charge is -2.33. The third-order valence-electron chi connectivity index (χ3n) is 3.33. The van der Waals surface area contributed by atoms with Gasteiger partial charge in [-0.15, -0.1) is 0 Å². The van der Waals surface area contributed by atoms with Gasteiger partial charge in [-0.25, -0.2) is 18.1 Å². The highest BCUT2D eigenvalue weighted by Gasteiger charge is 2.30. The third-order valence-corrected chi connectivity index (χ3v) is 5.17. The lowest BCUT2D eigenvalue weighted by Crippen LogP contribution is -2.45. The number of anilines is 1. The zero-order chi connectivity index (χ0) is 13.9. The zero-order valence-electron chi connectivity index (χ0n) is 10.7. The van der Waals surface area contributed by atoms with E-state index in [1.165, 1.54) is 7.05 Å². The van der Waals surface area contributed by atoms with Crippen LogP contribution in [0.15, 0.2) is 18.3 Å². The number of rotatable bonds is 3. The van der Waals surface area contributed by atoms with E-state index in [-0.39, 0.29) is 0 Å². The fourth-order valence-electron chi connectivity index (χ4n) is 2.32. The molecule has 1 fully saturated rings. The lowest BCUT2D eigenvalue weighted by molar-refractivity contribution is 0.525. The van der Waals surface area contributed by atoms with Gasteiger partial charge in [-0.3, -0.25) is 0 Å². The van der Waals surface area contributed by atoms with Crippen LogP contribution in [0.5, 0.6) is 0 Å². The summed E-state index contributed by atoms with van der Waals surface area (Å²) >= 11 is 0. The molecule has 0 bridgehead atoms. The Balaban J connectivity index is 2.25. The maximum atomic E-state index is 11.9. The van der Waals surface area contributed by atoms with Crippen LogP contribution in [-0.4, -0.2) is 38.8 Å². The molecule has 0 spiro atoms. The first-order valence-corrected chi connectivity index (χ1v) is 7.65. The summed E-state index contributed by atoms with van der Waals surface area (Å²) in [5, 5.41) is 8.60. The summed E-state index contributed by atoms with van der Waals surface area (Å²) in [6, 6.07) is 5.60. The van der Waals surface area contributed by atoms with Gasteiger partial charge in [0, 0.05) is 19.3 Å². The summed E-state index contributed by atoms with van der Waals surface area (Å²) in [6.07, 6.45) is 2.99. The maximum Gasteiger partial charge on any atom is 0.215 e. The van der Waals surface area contributed by atoms with E-state index in [4.69, 9.17) is 5.26 Å². The molecular formula is C12H16N4O2S. The van der Waals surface area contributed by atoms with Crippen molar-refractivity contribution in [2.24, 2.45) is 0 Å². The number of nitrogens with one attached hydrogen (secondary N) is 1. The Hall–Kier alpha value is -1.65. The number of nitrogens with zero attached hydrogens (tertiary/aromatic N) is 3. The van der Waals surface area contributed by atoms with Crippen LogP contribution < -0.4 is 9.62 Å². The number of pyridine rings is 1. The molecule has 1 aromatic heterocycles. The van der Waals surface area contributed by atoms with Crippen molar-refractivity contribution in [3.63, 3.8) is 0 Å². The Morgan fingerprint density at radius 3 is 3.05 bits per heavy atom. The van der Waals surface area contributed by atoms with Gasteiger partial charge in [0.15, 0.2) is 5.69 Å². The van der Waals surface area contributed by atoms with Crippen LogP contribution in [0.3, 0.4) is 0 Å². The second-order valence-corrected chi connectivity index (χ2v) is 6.61. The topological polar surface area (TPSA) is 86.1 Å². The van der Waals surface area contributed by atoms with Crippen LogP contribution in [0, 0.1) is 11.3 Å². The predicted octanol–water partition coefficient (Wildman–Crippen LogP) is 0.471. The average molecular weight is 280 g/mol. The van der Waals surface area contributed by atoms with Crippen LogP contribution in [0.1, 0.15) is 18.5 Å². The van der Waals surface area contributed by atoms with Crippen molar-refractivity contribution in [1.82, 2.24) is 9.71 Å². The SMILES string of the molecule is CNS(=O)(=O)C1CCCN(c2cccnc2C#N)C1. The molecule has 7 heteroatoms. The second kappa shape index (κ2) is 5.55. The normalized spacial score (nSPS) is 20.0. The summed E-state index contributed by atoms with van der Waals surface area (Å²) < 4.78 is 26.1. The van der Waals surface area contributed by atoms with Crippen LogP contribution >= 0.6 is 0 Å². The highest BCUT2D eigenvalue weighted by Crippen LogP contribution is 2.24. The molecule has 1 aromatic rings. The second-order valence-electron chi connectivity index (χ2n) is 4.44. The van der Waals surface area contributed by atoms with E-state index >= 15 is 0 Å². The highest BCUT2D eigenvalue weighted by atomic mass is 32.2. The van der Waals surface area contributed by atoms with E-state index in [2.05, 4.69) is 9.71 Å². The molecule has 19 heavy (non-hydrogen) atoms. The van der Waals surface area contributed by atoms with Crippen molar-refractivity contribution < 1.29 is 8.42 Å². The highest BCUT2D eigenvalue weighted by molar-refractivity contribution is 7.90. The third kappa shape index (κ3) is 2.85. The van der Waals surface area contributed by atoms with Gasteiger partial charge < -0.3 is 4.90 Å². The Morgan fingerprint density at radius 2 is 2.37 bits per heavy atom. The largest absolute Gasteiger partial charge is 0.368 e. The molecule has 0 saturated carbocycles. The summed E-state index contributed by atoms with van der Waals surface area (Å²) in [6.45, 7) is 1.14. The fraction of sp³-hybridized carbons (Fsp3) is 0.500. The molecule has 1 aliphatic rings. The first-order chi connectivity index (χ1) is 9.08. The molecule has 1 N–H and O–H groups in total. The maximum absolute atomic E-state index is 11.9. The minimum absolute atomic E-state index is 0.338. The zero-order valence-corrected chi connectivity index (χ0v) is 11.5. The van der Waals surface area contributed by atoms with E-state index < -0.39 is 15.3 Å². The number of piperidine rings is 1. The molecule has 1 saturated heterocycles. The van der Waals surface area contributed by atoms with Crippen LogP contribution in [0.4, 0.5) is 5.69 Å². The first-order valence-electron chi connectivity index (χ1n) is 6.11. The van der Waals surface area contributed by atoms with Crippen molar-refractivity contribution in [2.45, 2.75) is 18.1 Å². The average Bonchev–Trinajstić information content (AvgIpc) is 2.47. The molecule has 0 aliphatic carbocycles. The number of hydrogen-bond donors (Lipinski definition) is 1. The van der Waals surface area contributed by atoms with Gasteiger partial charge >= 0.3 is 0 Å². The monoisotopic (exact) mass is 280 g/mol. The van der Waals surface area contributed by atoms with Gasteiger partial charge in [-0.05, 0) is 32.0 Å². The molecule has 0 radical (unpaired) electrons. The Morgan fingerprint density at radius 1 is 1.58 bits per heavy atom. The van der Waals surface area contributed by atoms with Crippen molar-refractivity contribution in [3.8, 4) is 6.07 Å². The fourth-order valence-corrected chi connectivity index (χ4v) is 3.50. The number of nitriles is 1. The molecule has 0 amide bonds. The molecule has 1 atom stereocenters. The van der Waals surface area contributed by atoms with Crippen LogP contribution in [0.25, 0.3) is 0 Å². The van der Waals surface area contributed by atoms with Gasteiger partial charge in [0.05, 0.1) is 10.9 Å². The van der Waals surface area contributed by atoms with Crippen molar-refractivity contribution >= 4 is 15.7 Å². The summed E-state index contributed by atoms with van der Waals surface area (Å²) in [5.74, 6) is 0. The molecule has 2 rings (SSSR count). The lowest BCUT2D eigenvalue weighted by atomic mass is 10.1. The minimum Gasteiger partial charge on any atom is -0.368 e. The van der Waals surface area contributed by atoms with E-state index in [0.29, 0.717) is 24.3 Å².